The fourth-order valence-corrected chi connectivity index (χ4v) is 3.85. The van der Waals surface area contributed by atoms with Crippen LogP contribution in [-0.2, 0) is 4.79 Å². The zero-order chi connectivity index (χ0) is 17.1. The smallest absolute Gasteiger partial charge is 0.276 e. The number of hydrogen-bond donors (Lipinski definition) is 0. The largest absolute Gasteiger partial charge is 0.334 e. The Morgan fingerprint density at radius 3 is 2.58 bits per heavy atom. The molecule has 0 saturated carbocycles. The van der Waals surface area contributed by atoms with E-state index in [-0.39, 0.29) is 16.5 Å². The molecular formula is C18H23N3O3. The Morgan fingerprint density at radius 2 is 1.96 bits per heavy atom. The Balaban J connectivity index is 1.61. The van der Waals surface area contributed by atoms with Crippen molar-refractivity contribution in [2.75, 3.05) is 19.6 Å². The second-order valence-electron chi connectivity index (χ2n) is 6.48. The Labute approximate surface area is 141 Å². The van der Waals surface area contributed by atoms with Gasteiger partial charge in [-0.05, 0) is 18.9 Å². The molecule has 0 radical (unpaired) electrons. The van der Waals surface area contributed by atoms with Crippen LogP contribution in [0, 0.1) is 10.1 Å². The highest BCUT2D eigenvalue weighted by Crippen LogP contribution is 2.30. The monoisotopic (exact) mass is 329 g/mol. The van der Waals surface area contributed by atoms with Gasteiger partial charge < -0.3 is 4.90 Å². The number of nitrogens with zero attached hydrogens (tertiary/aromatic N) is 3. The summed E-state index contributed by atoms with van der Waals surface area (Å²) in [5.41, 5.74) is 0.762. The lowest BCUT2D eigenvalue weighted by Crippen LogP contribution is -2.55. The third-order valence-electron chi connectivity index (χ3n) is 4.94. The molecular weight excluding hydrogens is 306 g/mol. The number of carbonyl (C=O) groups is 1. The van der Waals surface area contributed by atoms with E-state index in [1.807, 2.05) is 25.1 Å². The van der Waals surface area contributed by atoms with E-state index in [0.717, 1.165) is 32.5 Å². The van der Waals surface area contributed by atoms with E-state index in [2.05, 4.69) is 9.80 Å². The number of amides is 1. The number of likely N-dealkylation sites (tertiary alicyclic amines) is 1. The van der Waals surface area contributed by atoms with E-state index in [1.165, 1.54) is 6.07 Å². The number of nitro benzene ring substituents is 1. The highest BCUT2D eigenvalue weighted by molar-refractivity contribution is 5.77. The van der Waals surface area contributed by atoms with Crippen LogP contribution in [0.3, 0.4) is 0 Å². The van der Waals surface area contributed by atoms with Crippen LogP contribution in [0.4, 0.5) is 5.69 Å². The molecule has 2 atom stereocenters. The molecule has 6 nitrogen and oxygen atoms in total. The van der Waals surface area contributed by atoms with Crippen molar-refractivity contribution >= 4 is 17.7 Å². The first-order chi connectivity index (χ1) is 11.6. The van der Waals surface area contributed by atoms with Crippen molar-refractivity contribution in [2.24, 2.45) is 0 Å². The van der Waals surface area contributed by atoms with Crippen LogP contribution in [0.1, 0.15) is 31.7 Å². The number of carbonyl (C=O) groups excluding carboxylic acids is 1. The van der Waals surface area contributed by atoms with Gasteiger partial charge in [0, 0.05) is 44.2 Å². The van der Waals surface area contributed by atoms with Gasteiger partial charge in [-0.1, -0.05) is 31.2 Å². The highest BCUT2D eigenvalue weighted by Gasteiger charge is 2.41. The number of hydrogen-bond acceptors (Lipinski definition) is 4. The van der Waals surface area contributed by atoms with E-state index in [0.29, 0.717) is 24.1 Å². The van der Waals surface area contributed by atoms with E-state index in [4.69, 9.17) is 0 Å². The van der Waals surface area contributed by atoms with Gasteiger partial charge in [-0.15, -0.1) is 0 Å². The maximum absolute atomic E-state index is 12.1. The van der Waals surface area contributed by atoms with Crippen molar-refractivity contribution in [3.8, 4) is 0 Å². The molecule has 3 rings (SSSR count). The molecule has 128 valence electrons. The summed E-state index contributed by atoms with van der Waals surface area (Å²) in [5, 5.41) is 11.0. The minimum Gasteiger partial charge on any atom is -0.334 e. The van der Waals surface area contributed by atoms with E-state index in [9.17, 15) is 14.9 Å². The van der Waals surface area contributed by atoms with Gasteiger partial charge in [0.2, 0.25) is 5.91 Å². The summed E-state index contributed by atoms with van der Waals surface area (Å²) in [4.78, 5) is 27.2. The summed E-state index contributed by atoms with van der Waals surface area (Å²) < 4.78 is 0. The number of fused-ring (bicyclic) bond motifs is 2. The number of rotatable bonds is 5. The number of piperazine rings is 1. The molecule has 2 heterocycles. The van der Waals surface area contributed by atoms with Crippen LogP contribution in [0.25, 0.3) is 6.08 Å². The number of nitro groups is 1. The first-order valence-corrected chi connectivity index (χ1v) is 8.53. The zero-order valence-corrected chi connectivity index (χ0v) is 13.9. The molecule has 0 unspecified atom stereocenters. The van der Waals surface area contributed by atoms with Gasteiger partial charge in [0.25, 0.3) is 5.69 Å². The lowest BCUT2D eigenvalue weighted by molar-refractivity contribution is -0.385. The quantitative estimate of drug-likeness (QED) is 0.615. The molecule has 2 bridgehead atoms. The Bertz CT molecular complexity index is 645. The molecule has 0 aromatic heterocycles. The van der Waals surface area contributed by atoms with Crippen molar-refractivity contribution in [1.82, 2.24) is 9.80 Å². The molecule has 6 heteroatoms. The number of benzene rings is 1. The predicted octanol–water partition coefficient (Wildman–Crippen LogP) is 2.69. The maximum Gasteiger partial charge on any atom is 0.276 e. The molecule has 2 saturated heterocycles. The first-order valence-electron chi connectivity index (χ1n) is 8.53. The van der Waals surface area contributed by atoms with Crippen molar-refractivity contribution in [1.29, 1.82) is 0 Å². The van der Waals surface area contributed by atoms with Crippen LogP contribution >= 0.6 is 0 Å². The van der Waals surface area contributed by atoms with Crippen LogP contribution in [0.15, 0.2) is 30.3 Å². The first kappa shape index (κ1) is 16.6. The lowest BCUT2D eigenvalue weighted by Gasteiger charge is -2.40. The SMILES string of the molecule is CCC(=O)N1[C@@H]2CC[C@H]1CN(C/C=C/c1ccccc1[N+](=O)[O-])C2. The summed E-state index contributed by atoms with van der Waals surface area (Å²) in [5.74, 6) is 0.262. The van der Waals surface area contributed by atoms with Crippen molar-refractivity contribution in [2.45, 2.75) is 38.3 Å². The number of para-hydroxylation sites is 1. The molecule has 0 spiro atoms. The van der Waals surface area contributed by atoms with Gasteiger partial charge >= 0.3 is 0 Å². The Hall–Kier alpha value is -2.21. The van der Waals surface area contributed by atoms with Crippen molar-refractivity contribution < 1.29 is 9.72 Å². The molecule has 0 aliphatic carbocycles. The molecule has 0 N–H and O–H groups in total. The minimum absolute atomic E-state index is 0.132. The highest BCUT2D eigenvalue weighted by atomic mass is 16.6. The predicted molar refractivity (Wildman–Crippen MR) is 92.5 cm³/mol. The van der Waals surface area contributed by atoms with Gasteiger partial charge in [0.1, 0.15) is 0 Å². The summed E-state index contributed by atoms with van der Waals surface area (Å²) in [6.45, 7) is 4.46. The Morgan fingerprint density at radius 1 is 1.29 bits per heavy atom. The second kappa shape index (κ2) is 7.13. The maximum atomic E-state index is 12.1. The van der Waals surface area contributed by atoms with Gasteiger partial charge in [0.15, 0.2) is 0 Å². The van der Waals surface area contributed by atoms with Gasteiger partial charge in [0.05, 0.1) is 10.5 Å². The average molecular weight is 329 g/mol. The third-order valence-corrected chi connectivity index (χ3v) is 4.94. The van der Waals surface area contributed by atoms with Crippen LogP contribution in [-0.4, -0.2) is 52.3 Å². The van der Waals surface area contributed by atoms with Crippen LogP contribution in [0.5, 0.6) is 0 Å². The van der Waals surface area contributed by atoms with Gasteiger partial charge in [-0.2, -0.15) is 0 Å². The molecule has 2 fully saturated rings. The van der Waals surface area contributed by atoms with E-state index < -0.39 is 0 Å². The van der Waals surface area contributed by atoms with Crippen molar-refractivity contribution in [3.63, 3.8) is 0 Å². The standard InChI is InChI=1S/C18H23N3O3/c1-2-18(22)20-15-9-10-16(20)13-19(12-15)11-5-7-14-6-3-4-8-17(14)21(23)24/h3-8,15-16H,2,9-13H2,1H3/b7-5+/t15-,16+. The molecule has 1 aromatic rings. The normalized spacial score (nSPS) is 23.8. The molecule has 1 amide bonds. The summed E-state index contributed by atoms with van der Waals surface area (Å²) in [6.07, 6.45) is 6.55. The Kier molecular flexibility index (Phi) is 4.94. The van der Waals surface area contributed by atoms with Crippen LogP contribution < -0.4 is 0 Å². The van der Waals surface area contributed by atoms with Crippen LogP contribution in [0.2, 0.25) is 0 Å². The topological polar surface area (TPSA) is 66.7 Å². The second-order valence-corrected chi connectivity index (χ2v) is 6.48. The average Bonchev–Trinajstić information content (AvgIpc) is 2.85. The van der Waals surface area contributed by atoms with Gasteiger partial charge in [-0.3, -0.25) is 19.8 Å². The molecule has 2 aliphatic rings. The zero-order valence-electron chi connectivity index (χ0n) is 13.9. The van der Waals surface area contributed by atoms with Gasteiger partial charge in [-0.25, -0.2) is 0 Å². The molecule has 24 heavy (non-hydrogen) atoms. The van der Waals surface area contributed by atoms with E-state index >= 15 is 0 Å². The third kappa shape index (κ3) is 3.33. The minimum atomic E-state index is -0.352. The van der Waals surface area contributed by atoms with E-state index in [1.54, 1.807) is 12.1 Å². The lowest BCUT2D eigenvalue weighted by atomic mass is 10.1. The summed E-state index contributed by atoms with van der Waals surface area (Å²) in [7, 11) is 0. The summed E-state index contributed by atoms with van der Waals surface area (Å²) in [6, 6.07) is 7.43. The molecule has 2 aliphatic heterocycles. The fraction of sp³-hybridized carbons (Fsp3) is 0.500. The summed E-state index contributed by atoms with van der Waals surface area (Å²) >= 11 is 0. The van der Waals surface area contributed by atoms with Crippen molar-refractivity contribution in [3.05, 3.63) is 46.0 Å². The molecule has 1 aromatic carbocycles. The fourth-order valence-electron chi connectivity index (χ4n) is 3.85.